The van der Waals surface area contributed by atoms with Gasteiger partial charge in [0.15, 0.2) is 0 Å². The monoisotopic (exact) mass is 345 g/mol. The van der Waals surface area contributed by atoms with Gasteiger partial charge in [-0.2, -0.15) is 4.31 Å². The molecule has 23 heavy (non-hydrogen) atoms. The molecule has 2 aliphatic heterocycles. The van der Waals surface area contributed by atoms with E-state index in [9.17, 15) is 13.2 Å². The summed E-state index contributed by atoms with van der Waals surface area (Å²) in [6.45, 7) is 11.8. The van der Waals surface area contributed by atoms with Crippen LogP contribution in [0.15, 0.2) is 0 Å². The Bertz CT molecular complexity index is 511. The lowest BCUT2D eigenvalue weighted by molar-refractivity contribution is -0.132. The van der Waals surface area contributed by atoms with E-state index < -0.39 is 10.0 Å². The number of amides is 1. The van der Waals surface area contributed by atoms with Crippen molar-refractivity contribution in [1.29, 1.82) is 0 Å². The summed E-state index contributed by atoms with van der Waals surface area (Å²) >= 11 is 0. The fourth-order valence-corrected chi connectivity index (χ4v) is 4.53. The molecule has 0 N–H and O–H groups in total. The highest BCUT2D eigenvalue weighted by Gasteiger charge is 2.38. The minimum Gasteiger partial charge on any atom is -0.341 e. The Hall–Kier alpha value is -0.660. The zero-order valence-corrected chi connectivity index (χ0v) is 15.7. The smallest absolute Gasteiger partial charge is 0.239 e. The minimum absolute atomic E-state index is 0.0499. The van der Waals surface area contributed by atoms with Crippen LogP contribution in [-0.2, 0) is 14.8 Å². The van der Waals surface area contributed by atoms with Gasteiger partial charge in [-0.15, -0.1) is 0 Å². The quantitative estimate of drug-likeness (QED) is 0.720. The van der Waals surface area contributed by atoms with Gasteiger partial charge in [0.05, 0.1) is 11.3 Å². The van der Waals surface area contributed by atoms with E-state index in [1.807, 2.05) is 4.90 Å². The minimum atomic E-state index is -3.18. The van der Waals surface area contributed by atoms with Crippen LogP contribution < -0.4 is 0 Å². The van der Waals surface area contributed by atoms with Gasteiger partial charge in [0.2, 0.25) is 15.9 Å². The highest BCUT2D eigenvalue weighted by atomic mass is 32.2. The van der Waals surface area contributed by atoms with E-state index in [0.717, 1.165) is 25.9 Å². The lowest BCUT2D eigenvalue weighted by Gasteiger charge is -2.37. The second kappa shape index (κ2) is 7.49. The third kappa shape index (κ3) is 4.25. The Morgan fingerprint density at radius 1 is 1.04 bits per heavy atom. The molecule has 2 fully saturated rings. The molecule has 0 aliphatic carbocycles. The Labute approximate surface area is 140 Å². The number of hydrogen-bond acceptors (Lipinski definition) is 4. The molecule has 0 saturated carbocycles. The van der Waals surface area contributed by atoms with E-state index >= 15 is 0 Å². The fourth-order valence-electron chi connectivity index (χ4n) is 3.27. The van der Waals surface area contributed by atoms with Crippen LogP contribution in [0.25, 0.3) is 0 Å². The molecular formula is C16H31N3O3S. The predicted octanol–water partition coefficient (Wildman–Crippen LogP) is 0.989. The van der Waals surface area contributed by atoms with Gasteiger partial charge < -0.3 is 4.90 Å². The van der Waals surface area contributed by atoms with Crippen molar-refractivity contribution in [3.63, 3.8) is 0 Å². The molecule has 2 heterocycles. The molecule has 2 saturated heterocycles. The van der Waals surface area contributed by atoms with Crippen LogP contribution in [0.4, 0.5) is 0 Å². The van der Waals surface area contributed by atoms with Crippen LogP contribution in [-0.4, -0.2) is 79.0 Å². The lowest BCUT2D eigenvalue weighted by Crippen LogP contribution is -2.54. The van der Waals surface area contributed by atoms with E-state index in [-0.39, 0.29) is 17.2 Å². The van der Waals surface area contributed by atoms with Crippen molar-refractivity contribution in [1.82, 2.24) is 14.1 Å². The summed E-state index contributed by atoms with van der Waals surface area (Å²) < 4.78 is 26.0. The number of rotatable bonds is 6. The summed E-state index contributed by atoms with van der Waals surface area (Å²) in [5.74, 6) is 0.831. The first-order valence-corrected chi connectivity index (χ1v) is 10.3. The molecule has 0 bridgehead atoms. The third-order valence-corrected chi connectivity index (χ3v) is 7.19. The third-order valence-electron chi connectivity index (χ3n) is 4.92. The molecule has 0 aromatic heterocycles. The molecular weight excluding hydrogens is 314 g/mol. The maximum atomic E-state index is 12.6. The van der Waals surface area contributed by atoms with Crippen LogP contribution in [0.3, 0.4) is 0 Å². The largest absolute Gasteiger partial charge is 0.341 e. The van der Waals surface area contributed by atoms with Gasteiger partial charge >= 0.3 is 0 Å². The molecule has 1 unspecified atom stereocenters. The Morgan fingerprint density at radius 3 is 2.17 bits per heavy atom. The fraction of sp³-hybridized carbons (Fsp3) is 0.938. The molecule has 6 nitrogen and oxygen atoms in total. The van der Waals surface area contributed by atoms with Crippen molar-refractivity contribution in [3.05, 3.63) is 0 Å². The first-order valence-electron chi connectivity index (χ1n) is 8.75. The molecule has 0 radical (unpaired) electrons. The summed E-state index contributed by atoms with van der Waals surface area (Å²) in [6, 6.07) is -0.0499. The first-order chi connectivity index (χ1) is 10.7. The maximum absolute atomic E-state index is 12.6. The van der Waals surface area contributed by atoms with Gasteiger partial charge in [0.1, 0.15) is 0 Å². The van der Waals surface area contributed by atoms with Gasteiger partial charge in [-0.25, -0.2) is 8.42 Å². The highest BCUT2D eigenvalue weighted by molar-refractivity contribution is 7.89. The maximum Gasteiger partial charge on any atom is 0.239 e. The normalized spacial score (nSPS) is 25.0. The first kappa shape index (κ1) is 18.7. The number of carbonyl (C=O) groups excluding carboxylic acids is 1. The molecule has 1 atom stereocenters. The molecule has 1 amide bonds. The van der Waals surface area contributed by atoms with Crippen molar-refractivity contribution >= 4 is 15.9 Å². The van der Waals surface area contributed by atoms with Gasteiger partial charge in [0.25, 0.3) is 0 Å². The average Bonchev–Trinajstić information content (AvgIpc) is 2.86. The molecule has 0 aromatic rings. The highest BCUT2D eigenvalue weighted by Crippen LogP contribution is 2.21. The summed E-state index contributed by atoms with van der Waals surface area (Å²) in [6.07, 6.45) is 1.91. The van der Waals surface area contributed by atoms with Crippen molar-refractivity contribution in [2.75, 3.05) is 39.3 Å². The second-order valence-corrected chi connectivity index (χ2v) is 9.83. The zero-order chi connectivity index (χ0) is 17.2. The molecule has 134 valence electrons. The van der Waals surface area contributed by atoms with Crippen LogP contribution in [0.1, 0.15) is 40.5 Å². The molecule has 2 rings (SSSR count). The van der Waals surface area contributed by atoms with E-state index in [2.05, 4.69) is 18.7 Å². The van der Waals surface area contributed by atoms with E-state index in [0.29, 0.717) is 32.1 Å². The number of piperazine rings is 1. The van der Waals surface area contributed by atoms with Crippen LogP contribution in [0.2, 0.25) is 0 Å². The topological polar surface area (TPSA) is 60.9 Å². The molecule has 0 spiro atoms. The Balaban J connectivity index is 1.88. The number of carbonyl (C=O) groups is 1. The molecule has 7 heteroatoms. The molecule has 2 aliphatic rings. The summed E-state index contributed by atoms with van der Waals surface area (Å²) in [4.78, 5) is 16.7. The second-order valence-electron chi connectivity index (χ2n) is 7.34. The van der Waals surface area contributed by atoms with Gasteiger partial charge in [-0.05, 0) is 32.6 Å². The lowest BCUT2D eigenvalue weighted by atomic mass is 10.1. The Kier molecular flexibility index (Phi) is 6.08. The van der Waals surface area contributed by atoms with E-state index in [1.165, 1.54) is 0 Å². The van der Waals surface area contributed by atoms with Gasteiger partial charge in [-0.3, -0.25) is 9.69 Å². The Morgan fingerprint density at radius 2 is 1.65 bits per heavy atom. The number of likely N-dealkylation sites (tertiary alicyclic amines) is 1. The van der Waals surface area contributed by atoms with Crippen molar-refractivity contribution < 1.29 is 13.2 Å². The van der Waals surface area contributed by atoms with Crippen LogP contribution >= 0.6 is 0 Å². The summed E-state index contributed by atoms with van der Waals surface area (Å²) in [5, 5.41) is -0.381. The number of hydrogen-bond donors (Lipinski definition) is 0. The standard InChI is InChI=1S/C16H31N3O3S/c1-13(2)5-7-18-8-6-15(16(18)20)17-9-11-19(12-10-17)23(21,22)14(3)4/h13-15H,5-12H2,1-4H3. The van der Waals surface area contributed by atoms with Crippen LogP contribution in [0.5, 0.6) is 0 Å². The summed E-state index contributed by atoms with van der Waals surface area (Å²) in [7, 11) is -3.18. The average molecular weight is 346 g/mol. The van der Waals surface area contributed by atoms with E-state index in [1.54, 1.807) is 18.2 Å². The van der Waals surface area contributed by atoms with Gasteiger partial charge in [-0.1, -0.05) is 13.8 Å². The number of sulfonamides is 1. The zero-order valence-electron chi connectivity index (χ0n) is 14.9. The summed E-state index contributed by atoms with van der Waals surface area (Å²) in [5.41, 5.74) is 0. The van der Waals surface area contributed by atoms with Crippen molar-refractivity contribution in [3.8, 4) is 0 Å². The number of nitrogens with zero attached hydrogens (tertiary/aromatic N) is 3. The van der Waals surface area contributed by atoms with Crippen LogP contribution in [0, 0.1) is 5.92 Å². The van der Waals surface area contributed by atoms with Crippen molar-refractivity contribution in [2.24, 2.45) is 5.92 Å². The van der Waals surface area contributed by atoms with Gasteiger partial charge in [0, 0.05) is 39.3 Å². The van der Waals surface area contributed by atoms with E-state index in [4.69, 9.17) is 0 Å². The van der Waals surface area contributed by atoms with Crippen molar-refractivity contribution in [2.45, 2.75) is 51.8 Å². The predicted molar refractivity (Wildman–Crippen MR) is 91.6 cm³/mol. The molecule has 0 aromatic carbocycles. The SMILES string of the molecule is CC(C)CCN1CCC(N2CCN(S(=O)(=O)C(C)C)CC2)C1=O.